The lowest BCUT2D eigenvalue weighted by atomic mass is 10.0. The second-order valence-corrected chi connectivity index (χ2v) is 6.16. The van der Waals surface area contributed by atoms with Crippen molar-refractivity contribution in [2.45, 2.75) is 26.2 Å². The average molecular weight is 364 g/mol. The normalized spacial score (nSPS) is 10.5. The second kappa shape index (κ2) is 9.18. The third kappa shape index (κ3) is 5.87. The van der Waals surface area contributed by atoms with E-state index < -0.39 is 0 Å². The summed E-state index contributed by atoms with van der Waals surface area (Å²) in [5.41, 5.74) is 1.76. The highest BCUT2D eigenvalue weighted by Gasteiger charge is 2.07. The van der Waals surface area contributed by atoms with E-state index in [0.29, 0.717) is 43.2 Å². The molecule has 5 nitrogen and oxygen atoms in total. The number of ether oxygens (including phenoxy) is 1. The number of carbonyl (C=O) groups excluding carboxylic acids is 1. The standard InChI is InChI=1S/C19H22ClNO4/c1-13-11-16(22)17(23)12-14(13)8-9-21-19(24)7-4-10-25-18-6-3-2-5-15(18)20/h2-3,5-6,11-12,22-23H,4,7-10H2,1H3,(H,21,24). The molecular weight excluding hydrogens is 342 g/mol. The maximum absolute atomic E-state index is 11.8. The molecule has 2 aromatic rings. The van der Waals surface area contributed by atoms with Crippen LogP contribution in [0.1, 0.15) is 24.0 Å². The minimum atomic E-state index is -0.149. The van der Waals surface area contributed by atoms with E-state index >= 15 is 0 Å². The lowest BCUT2D eigenvalue weighted by Crippen LogP contribution is -2.26. The van der Waals surface area contributed by atoms with Crippen LogP contribution < -0.4 is 10.1 Å². The zero-order chi connectivity index (χ0) is 18.2. The van der Waals surface area contributed by atoms with Gasteiger partial charge in [-0.05, 0) is 55.2 Å². The molecule has 0 heterocycles. The second-order valence-electron chi connectivity index (χ2n) is 5.75. The summed E-state index contributed by atoms with van der Waals surface area (Å²) in [6, 6.07) is 10.3. The van der Waals surface area contributed by atoms with Crippen LogP contribution >= 0.6 is 11.6 Å². The van der Waals surface area contributed by atoms with E-state index in [1.54, 1.807) is 12.1 Å². The third-order valence-electron chi connectivity index (χ3n) is 3.79. The molecule has 0 aliphatic rings. The number of phenolic OH excluding ortho intramolecular Hbond substituents is 2. The van der Waals surface area contributed by atoms with E-state index in [1.165, 1.54) is 12.1 Å². The monoisotopic (exact) mass is 363 g/mol. The molecule has 0 atom stereocenters. The molecule has 0 aliphatic carbocycles. The van der Waals surface area contributed by atoms with Gasteiger partial charge in [0.05, 0.1) is 11.6 Å². The number of nitrogens with one attached hydrogen (secondary N) is 1. The van der Waals surface area contributed by atoms with Crippen molar-refractivity contribution < 1.29 is 19.7 Å². The Bertz CT molecular complexity index is 733. The lowest BCUT2D eigenvalue weighted by Gasteiger charge is -2.10. The number of amides is 1. The summed E-state index contributed by atoms with van der Waals surface area (Å²) in [6.07, 6.45) is 1.54. The van der Waals surface area contributed by atoms with Gasteiger partial charge in [0.1, 0.15) is 5.75 Å². The summed E-state index contributed by atoms with van der Waals surface area (Å²) in [5, 5.41) is 22.3. The molecule has 0 unspecified atom stereocenters. The Morgan fingerprint density at radius 2 is 1.92 bits per heavy atom. The van der Waals surface area contributed by atoms with Gasteiger partial charge in [0.2, 0.25) is 5.91 Å². The fourth-order valence-electron chi connectivity index (χ4n) is 2.40. The van der Waals surface area contributed by atoms with Crippen molar-refractivity contribution in [2.24, 2.45) is 0 Å². The van der Waals surface area contributed by atoms with Crippen LogP contribution in [0.15, 0.2) is 36.4 Å². The van der Waals surface area contributed by atoms with E-state index in [1.807, 2.05) is 19.1 Å². The molecule has 3 N–H and O–H groups in total. The lowest BCUT2D eigenvalue weighted by molar-refractivity contribution is -0.121. The molecule has 2 aromatic carbocycles. The first-order valence-corrected chi connectivity index (χ1v) is 8.50. The first kappa shape index (κ1) is 18.9. The van der Waals surface area contributed by atoms with Gasteiger partial charge in [0.25, 0.3) is 0 Å². The largest absolute Gasteiger partial charge is 0.504 e. The zero-order valence-corrected chi connectivity index (χ0v) is 14.8. The third-order valence-corrected chi connectivity index (χ3v) is 4.10. The molecule has 0 aromatic heterocycles. The van der Waals surface area contributed by atoms with Crippen molar-refractivity contribution in [1.29, 1.82) is 0 Å². The molecule has 0 fully saturated rings. The Kier molecular flexibility index (Phi) is 6.95. The van der Waals surface area contributed by atoms with Crippen LogP contribution in [0, 0.1) is 6.92 Å². The molecule has 134 valence electrons. The van der Waals surface area contributed by atoms with Crippen LogP contribution in [-0.4, -0.2) is 29.3 Å². The summed E-state index contributed by atoms with van der Waals surface area (Å²) in [5.74, 6) is 0.281. The molecular formula is C19H22ClNO4. The van der Waals surface area contributed by atoms with Crippen molar-refractivity contribution in [3.05, 3.63) is 52.5 Å². The predicted octanol–water partition coefficient (Wildman–Crippen LogP) is 3.58. The number of para-hydroxylation sites is 1. The van der Waals surface area contributed by atoms with Crippen molar-refractivity contribution in [3.8, 4) is 17.2 Å². The van der Waals surface area contributed by atoms with E-state index in [4.69, 9.17) is 16.3 Å². The average Bonchev–Trinajstić information content (AvgIpc) is 2.57. The van der Waals surface area contributed by atoms with Crippen LogP contribution in [0.2, 0.25) is 5.02 Å². The number of halogens is 1. The summed E-state index contributed by atoms with van der Waals surface area (Å²) in [6.45, 7) is 2.74. The maximum Gasteiger partial charge on any atom is 0.220 e. The van der Waals surface area contributed by atoms with Crippen LogP contribution in [0.4, 0.5) is 0 Å². The summed E-state index contributed by atoms with van der Waals surface area (Å²) in [7, 11) is 0. The zero-order valence-electron chi connectivity index (χ0n) is 14.1. The van der Waals surface area contributed by atoms with Crippen molar-refractivity contribution in [2.75, 3.05) is 13.2 Å². The number of hydrogen-bond acceptors (Lipinski definition) is 4. The van der Waals surface area contributed by atoms with E-state index in [0.717, 1.165) is 11.1 Å². The molecule has 6 heteroatoms. The Morgan fingerprint density at radius 3 is 2.68 bits per heavy atom. The highest BCUT2D eigenvalue weighted by molar-refractivity contribution is 6.32. The maximum atomic E-state index is 11.8. The van der Waals surface area contributed by atoms with Crippen molar-refractivity contribution in [3.63, 3.8) is 0 Å². The molecule has 0 aliphatic heterocycles. The molecule has 0 radical (unpaired) electrons. The number of aryl methyl sites for hydroxylation is 1. The minimum Gasteiger partial charge on any atom is -0.504 e. The summed E-state index contributed by atoms with van der Waals surface area (Å²) < 4.78 is 5.54. The van der Waals surface area contributed by atoms with Crippen LogP contribution in [-0.2, 0) is 11.2 Å². The fraction of sp³-hybridized carbons (Fsp3) is 0.316. The van der Waals surface area contributed by atoms with Crippen molar-refractivity contribution >= 4 is 17.5 Å². The van der Waals surface area contributed by atoms with Crippen LogP contribution in [0.3, 0.4) is 0 Å². The van der Waals surface area contributed by atoms with E-state index in [2.05, 4.69) is 5.32 Å². The number of benzene rings is 2. The number of phenols is 2. The Balaban J connectivity index is 1.66. The van der Waals surface area contributed by atoms with Gasteiger partial charge in [-0.25, -0.2) is 0 Å². The number of rotatable bonds is 8. The smallest absolute Gasteiger partial charge is 0.220 e. The van der Waals surface area contributed by atoms with E-state index in [-0.39, 0.29) is 17.4 Å². The van der Waals surface area contributed by atoms with Gasteiger partial charge < -0.3 is 20.3 Å². The molecule has 0 bridgehead atoms. The highest BCUT2D eigenvalue weighted by atomic mass is 35.5. The Labute approximate surface area is 152 Å². The quantitative estimate of drug-likeness (QED) is 0.495. The minimum absolute atomic E-state index is 0.0524. The highest BCUT2D eigenvalue weighted by Crippen LogP contribution is 2.28. The van der Waals surface area contributed by atoms with Gasteiger partial charge in [-0.1, -0.05) is 23.7 Å². The Morgan fingerprint density at radius 1 is 1.20 bits per heavy atom. The van der Waals surface area contributed by atoms with Crippen LogP contribution in [0.5, 0.6) is 17.2 Å². The van der Waals surface area contributed by atoms with Gasteiger partial charge in [0.15, 0.2) is 11.5 Å². The summed E-state index contributed by atoms with van der Waals surface area (Å²) >= 11 is 5.99. The van der Waals surface area contributed by atoms with Crippen LogP contribution in [0.25, 0.3) is 0 Å². The molecule has 1 amide bonds. The molecule has 0 spiro atoms. The van der Waals surface area contributed by atoms with Gasteiger partial charge in [-0.2, -0.15) is 0 Å². The number of aromatic hydroxyl groups is 2. The summed E-state index contributed by atoms with van der Waals surface area (Å²) in [4.78, 5) is 11.8. The van der Waals surface area contributed by atoms with Gasteiger partial charge in [-0.15, -0.1) is 0 Å². The first-order chi connectivity index (χ1) is 12.0. The van der Waals surface area contributed by atoms with Gasteiger partial charge in [-0.3, -0.25) is 4.79 Å². The van der Waals surface area contributed by atoms with Gasteiger partial charge in [0, 0.05) is 13.0 Å². The first-order valence-electron chi connectivity index (χ1n) is 8.13. The van der Waals surface area contributed by atoms with E-state index in [9.17, 15) is 15.0 Å². The van der Waals surface area contributed by atoms with Gasteiger partial charge >= 0.3 is 0 Å². The fourth-order valence-corrected chi connectivity index (χ4v) is 2.59. The molecule has 25 heavy (non-hydrogen) atoms. The Hall–Kier alpha value is -2.40. The molecule has 2 rings (SSSR count). The SMILES string of the molecule is Cc1cc(O)c(O)cc1CCNC(=O)CCCOc1ccccc1Cl. The predicted molar refractivity (Wildman–Crippen MR) is 97.4 cm³/mol. The van der Waals surface area contributed by atoms with Crippen molar-refractivity contribution in [1.82, 2.24) is 5.32 Å². The number of hydrogen-bond donors (Lipinski definition) is 3. The molecule has 0 saturated carbocycles. The topological polar surface area (TPSA) is 78.8 Å². The number of carbonyl (C=O) groups is 1. The molecule has 0 saturated heterocycles.